The highest BCUT2D eigenvalue weighted by molar-refractivity contribution is 6.01. The highest BCUT2D eigenvalue weighted by atomic mass is 16.5. The Kier molecular flexibility index (Phi) is 7.19. The molecule has 0 spiro atoms. The van der Waals surface area contributed by atoms with Gasteiger partial charge in [-0.15, -0.1) is 0 Å². The molecule has 2 aliphatic rings. The van der Waals surface area contributed by atoms with Crippen LogP contribution in [0.5, 0.6) is 5.75 Å². The number of urea groups is 1. The number of amides is 3. The zero-order chi connectivity index (χ0) is 21.6. The van der Waals surface area contributed by atoms with E-state index >= 15 is 0 Å². The minimum absolute atomic E-state index is 0.118. The lowest BCUT2D eigenvalue weighted by molar-refractivity contribution is -0.118. The summed E-state index contributed by atoms with van der Waals surface area (Å²) in [5, 5.41) is 6.04. The lowest BCUT2D eigenvalue weighted by Crippen LogP contribution is -2.29. The summed E-state index contributed by atoms with van der Waals surface area (Å²) in [6.07, 6.45) is 9.59. The summed E-state index contributed by atoms with van der Waals surface area (Å²) < 4.78 is 5.98. The lowest BCUT2D eigenvalue weighted by Gasteiger charge is -2.21. The standard InChI is InChI=1S/C24H35N3O3/c1-23(2,3)18-30-20-11-9-10-19(16-20)24(12-13-24)25-14-7-5-4-6-8-15-27-17-21(28)26-22(27)29/h6,8-11,16,25H,4-5,7,12-15,17-18H2,1-3H3,(H,26,28,29)/b8-6+. The van der Waals surface area contributed by atoms with Gasteiger partial charge in [-0.2, -0.15) is 0 Å². The van der Waals surface area contributed by atoms with Crippen molar-refractivity contribution in [3.8, 4) is 5.75 Å². The third-order valence-electron chi connectivity index (χ3n) is 5.43. The summed E-state index contributed by atoms with van der Waals surface area (Å²) in [6, 6.07) is 8.23. The molecule has 1 heterocycles. The largest absolute Gasteiger partial charge is 0.493 e. The van der Waals surface area contributed by atoms with E-state index in [0.717, 1.165) is 31.6 Å². The summed E-state index contributed by atoms with van der Waals surface area (Å²) in [6.45, 7) is 8.90. The van der Waals surface area contributed by atoms with Crippen LogP contribution in [-0.4, -0.2) is 43.1 Å². The summed E-state index contributed by atoms with van der Waals surface area (Å²) in [4.78, 5) is 24.1. The van der Waals surface area contributed by atoms with E-state index in [2.05, 4.69) is 55.7 Å². The van der Waals surface area contributed by atoms with E-state index in [9.17, 15) is 9.59 Å². The quantitative estimate of drug-likeness (QED) is 0.327. The number of imide groups is 1. The number of unbranched alkanes of at least 4 members (excludes halogenated alkanes) is 2. The zero-order valence-corrected chi connectivity index (χ0v) is 18.5. The van der Waals surface area contributed by atoms with Gasteiger partial charge in [0.05, 0.1) is 6.61 Å². The fraction of sp³-hybridized carbons (Fsp3) is 0.583. The number of ether oxygens (including phenoxy) is 1. The van der Waals surface area contributed by atoms with Crippen molar-refractivity contribution in [2.24, 2.45) is 5.41 Å². The molecule has 164 valence electrons. The van der Waals surface area contributed by atoms with Gasteiger partial charge in [0.15, 0.2) is 0 Å². The van der Waals surface area contributed by atoms with Crippen LogP contribution in [-0.2, 0) is 10.3 Å². The minimum Gasteiger partial charge on any atom is -0.493 e. The first-order valence-electron chi connectivity index (χ1n) is 11.0. The molecule has 1 aromatic carbocycles. The van der Waals surface area contributed by atoms with E-state index < -0.39 is 0 Å². The van der Waals surface area contributed by atoms with Crippen molar-refractivity contribution in [2.75, 3.05) is 26.2 Å². The molecule has 30 heavy (non-hydrogen) atoms. The van der Waals surface area contributed by atoms with Gasteiger partial charge in [0.1, 0.15) is 12.3 Å². The molecule has 1 aromatic rings. The van der Waals surface area contributed by atoms with Gasteiger partial charge in [-0.25, -0.2) is 4.79 Å². The molecule has 1 aliphatic carbocycles. The van der Waals surface area contributed by atoms with Crippen LogP contribution < -0.4 is 15.4 Å². The van der Waals surface area contributed by atoms with Gasteiger partial charge >= 0.3 is 6.03 Å². The summed E-state index contributed by atoms with van der Waals surface area (Å²) >= 11 is 0. The van der Waals surface area contributed by atoms with E-state index in [4.69, 9.17) is 4.74 Å². The molecule has 6 heteroatoms. The number of hydrogen-bond acceptors (Lipinski definition) is 4. The third-order valence-corrected chi connectivity index (χ3v) is 5.43. The Hall–Kier alpha value is -2.34. The van der Waals surface area contributed by atoms with Crippen molar-refractivity contribution < 1.29 is 14.3 Å². The van der Waals surface area contributed by atoms with Crippen molar-refractivity contribution in [1.82, 2.24) is 15.5 Å². The molecule has 0 atom stereocenters. The lowest BCUT2D eigenvalue weighted by atomic mass is 9.98. The number of nitrogens with zero attached hydrogens (tertiary/aromatic N) is 1. The maximum absolute atomic E-state index is 11.5. The van der Waals surface area contributed by atoms with E-state index in [1.165, 1.54) is 23.3 Å². The molecule has 0 unspecified atom stereocenters. The SMILES string of the molecule is CC(C)(C)COc1cccc(C2(NCCCC/C=C/CN3CC(=O)NC3=O)CC2)c1. The molecule has 6 nitrogen and oxygen atoms in total. The third kappa shape index (κ3) is 6.59. The maximum atomic E-state index is 11.5. The van der Waals surface area contributed by atoms with Crippen LogP contribution in [0.25, 0.3) is 0 Å². The Morgan fingerprint density at radius 3 is 2.67 bits per heavy atom. The van der Waals surface area contributed by atoms with E-state index in [1.54, 1.807) is 0 Å². The molecule has 0 radical (unpaired) electrons. The highest BCUT2D eigenvalue weighted by Crippen LogP contribution is 2.46. The molecule has 1 saturated carbocycles. The number of hydrogen-bond donors (Lipinski definition) is 2. The number of carbonyl (C=O) groups excluding carboxylic acids is 2. The van der Waals surface area contributed by atoms with Gasteiger partial charge in [-0.05, 0) is 61.8 Å². The normalized spacial score (nSPS) is 18.2. The van der Waals surface area contributed by atoms with Gasteiger partial charge in [0.2, 0.25) is 5.91 Å². The number of nitrogens with one attached hydrogen (secondary N) is 2. The number of carbonyl (C=O) groups is 2. The van der Waals surface area contributed by atoms with Crippen molar-refractivity contribution in [3.05, 3.63) is 42.0 Å². The van der Waals surface area contributed by atoms with Crippen LogP contribution in [0.4, 0.5) is 4.79 Å². The van der Waals surface area contributed by atoms with E-state index in [1.807, 2.05) is 12.1 Å². The average Bonchev–Trinajstić information content (AvgIpc) is 3.41. The number of rotatable bonds is 11. The summed E-state index contributed by atoms with van der Waals surface area (Å²) in [7, 11) is 0. The first-order chi connectivity index (χ1) is 14.3. The second kappa shape index (κ2) is 9.65. The first-order valence-corrected chi connectivity index (χ1v) is 11.0. The molecule has 2 fully saturated rings. The Morgan fingerprint density at radius 1 is 1.20 bits per heavy atom. The fourth-order valence-electron chi connectivity index (χ4n) is 3.54. The van der Waals surface area contributed by atoms with Crippen LogP contribution in [0.2, 0.25) is 0 Å². The van der Waals surface area contributed by atoms with Gasteiger partial charge in [-0.1, -0.05) is 45.1 Å². The number of allylic oxidation sites excluding steroid dienone is 1. The maximum Gasteiger partial charge on any atom is 0.324 e. The van der Waals surface area contributed by atoms with Crippen molar-refractivity contribution in [1.29, 1.82) is 0 Å². The predicted molar refractivity (Wildman–Crippen MR) is 118 cm³/mol. The molecule has 1 saturated heterocycles. The van der Waals surface area contributed by atoms with Gasteiger partial charge in [0, 0.05) is 12.1 Å². The molecule has 3 amide bonds. The van der Waals surface area contributed by atoms with Gasteiger partial charge in [-0.3, -0.25) is 10.1 Å². The number of benzene rings is 1. The topological polar surface area (TPSA) is 70.7 Å². The second-order valence-electron chi connectivity index (χ2n) is 9.59. The summed E-state index contributed by atoms with van der Waals surface area (Å²) in [5.41, 5.74) is 1.59. The minimum atomic E-state index is -0.295. The van der Waals surface area contributed by atoms with Crippen molar-refractivity contribution in [2.45, 2.75) is 58.4 Å². The van der Waals surface area contributed by atoms with Crippen LogP contribution >= 0.6 is 0 Å². The van der Waals surface area contributed by atoms with Crippen molar-refractivity contribution in [3.63, 3.8) is 0 Å². The van der Waals surface area contributed by atoms with Crippen LogP contribution in [0.3, 0.4) is 0 Å². The van der Waals surface area contributed by atoms with Crippen LogP contribution in [0.15, 0.2) is 36.4 Å². The van der Waals surface area contributed by atoms with Crippen LogP contribution in [0, 0.1) is 5.41 Å². The molecule has 2 N–H and O–H groups in total. The Labute approximate surface area is 180 Å². The van der Waals surface area contributed by atoms with Crippen LogP contribution in [0.1, 0.15) is 58.4 Å². The average molecular weight is 414 g/mol. The van der Waals surface area contributed by atoms with Crippen molar-refractivity contribution >= 4 is 11.9 Å². The first kappa shape index (κ1) is 22.3. The smallest absolute Gasteiger partial charge is 0.324 e. The monoisotopic (exact) mass is 413 g/mol. The molecule has 3 rings (SSSR count). The van der Waals surface area contributed by atoms with E-state index in [0.29, 0.717) is 13.2 Å². The molecular formula is C24H35N3O3. The Balaban J connectivity index is 1.34. The molecule has 1 aliphatic heterocycles. The van der Waals surface area contributed by atoms with Gasteiger partial charge in [0.25, 0.3) is 0 Å². The zero-order valence-electron chi connectivity index (χ0n) is 18.5. The second-order valence-corrected chi connectivity index (χ2v) is 9.59. The Morgan fingerprint density at radius 2 is 2.00 bits per heavy atom. The van der Waals surface area contributed by atoms with E-state index in [-0.39, 0.29) is 29.4 Å². The van der Waals surface area contributed by atoms with Gasteiger partial charge < -0.3 is 15.0 Å². The molecule has 0 bridgehead atoms. The fourth-order valence-corrected chi connectivity index (χ4v) is 3.54. The molecule has 0 aromatic heterocycles. The predicted octanol–water partition coefficient (Wildman–Crippen LogP) is 3.97. The Bertz CT molecular complexity index is 778. The molecular weight excluding hydrogens is 378 g/mol. The summed E-state index contributed by atoms with van der Waals surface area (Å²) in [5.74, 6) is 0.730. The highest BCUT2D eigenvalue weighted by Gasteiger charge is 2.43.